The number of ether oxygens (including phenoxy) is 1. The van der Waals surface area contributed by atoms with E-state index in [0.29, 0.717) is 11.3 Å². The standard InChI is InChI=1S/C19H18N2O6S/c1-11(2)27-14-7-3-12(4-8-14)16-17(22)19(24)21(18(16)23)13-5-9-15(10-6-13)28(20,25)26/h3-11,22H,1-2H3,(H2,20,25,26). The molecule has 3 rings (SSSR count). The average molecular weight is 402 g/mol. The maximum atomic E-state index is 12.8. The van der Waals surface area contributed by atoms with E-state index < -0.39 is 27.6 Å². The lowest BCUT2D eigenvalue weighted by molar-refractivity contribution is -0.121. The van der Waals surface area contributed by atoms with Crippen LogP contribution in [0.5, 0.6) is 5.75 Å². The van der Waals surface area contributed by atoms with Crippen LogP contribution >= 0.6 is 0 Å². The highest BCUT2D eigenvalue weighted by Gasteiger charge is 2.40. The van der Waals surface area contributed by atoms with Crippen LogP contribution in [0.1, 0.15) is 19.4 Å². The van der Waals surface area contributed by atoms with E-state index in [4.69, 9.17) is 9.88 Å². The number of sulfonamides is 1. The number of imide groups is 1. The third-order valence-corrected chi connectivity index (χ3v) is 4.93. The van der Waals surface area contributed by atoms with Gasteiger partial charge in [-0.05, 0) is 55.8 Å². The second-order valence-corrected chi connectivity index (χ2v) is 7.96. The van der Waals surface area contributed by atoms with Gasteiger partial charge < -0.3 is 9.84 Å². The molecule has 0 unspecified atom stereocenters. The molecule has 0 aromatic heterocycles. The minimum atomic E-state index is -3.91. The molecule has 0 fully saturated rings. The number of carbonyl (C=O) groups is 2. The lowest BCUT2D eigenvalue weighted by Crippen LogP contribution is -2.31. The summed E-state index contributed by atoms with van der Waals surface area (Å²) in [5.41, 5.74) is 0.330. The second-order valence-electron chi connectivity index (χ2n) is 6.40. The number of hydrogen-bond acceptors (Lipinski definition) is 6. The predicted octanol–water partition coefficient (Wildman–Crippen LogP) is 1.96. The van der Waals surface area contributed by atoms with Gasteiger partial charge in [0.25, 0.3) is 5.91 Å². The molecule has 0 radical (unpaired) electrons. The van der Waals surface area contributed by atoms with Crippen molar-refractivity contribution in [1.82, 2.24) is 0 Å². The molecule has 0 aliphatic carbocycles. The van der Waals surface area contributed by atoms with Crippen molar-refractivity contribution in [1.29, 1.82) is 0 Å². The summed E-state index contributed by atoms with van der Waals surface area (Å²) in [5, 5.41) is 15.3. The van der Waals surface area contributed by atoms with Gasteiger partial charge in [0, 0.05) is 0 Å². The van der Waals surface area contributed by atoms with Crippen LogP contribution in [0.2, 0.25) is 0 Å². The Morgan fingerprint density at radius 3 is 2.04 bits per heavy atom. The summed E-state index contributed by atoms with van der Waals surface area (Å²) in [6.07, 6.45) is -0.0241. The third kappa shape index (κ3) is 3.62. The van der Waals surface area contributed by atoms with Crippen molar-refractivity contribution >= 4 is 33.1 Å². The van der Waals surface area contributed by atoms with Crippen LogP contribution in [0.4, 0.5) is 5.69 Å². The molecule has 0 atom stereocenters. The van der Waals surface area contributed by atoms with Gasteiger partial charge >= 0.3 is 5.91 Å². The lowest BCUT2D eigenvalue weighted by Gasteiger charge is -2.15. The van der Waals surface area contributed by atoms with Crippen LogP contribution in [0.25, 0.3) is 5.57 Å². The Bertz CT molecular complexity index is 1070. The second kappa shape index (κ2) is 7.10. The minimum absolute atomic E-state index is 0.0241. The normalized spacial score (nSPS) is 14.9. The highest BCUT2D eigenvalue weighted by Crippen LogP contribution is 2.33. The predicted molar refractivity (Wildman–Crippen MR) is 102 cm³/mol. The number of aliphatic hydroxyl groups excluding tert-OH is 1. The molecule has 9 heteroatoms. The van der Waals surface area contributed by atoms with Gasteiger partial charge in [-0.15, -0.1) is 0 Å². The summed E-state index contributed by atoms with van der Waals surface area (Å²) in [7, 11) is -3.91. The number of nitrogens with two attached hydrogens (primary N) is 1. The molecule has 0 saturated carbocycles. The van der Waals surface area contributed by atoms with Crippen LogP contribution in [-0.4, -0.2) is 31.4 Å². The third-order valence-electron chi connectivity index (χ3n) is 4.00. The van der Waals surface area contributed by atoms with Crippen molar-refractivity contribution in [2.75, 3.05) is 4.90 Å². The van der Waals surface area contributed by atoms with Crippen molar-refractivity contribution in [3.8, 4) is 5.75 Å². The number of hydrogen-bond donors (Lipinski definition) is 2. The molecular formula is C19H18N2O6S. The number of carbonyl (C=O) groups excluding carboxylic acids is 2. The van der Waals surface area contributed by atoms with Gasteiger partial charge in [-0.3, -0.25) is 9.59 Å². The quantitative estimate of drug-likeness (QED) is 0.736. The molecule has 2 amide bonds. The van der Waals surface area contributed by atoms with Gasteiger partial charge in [-0.2, -0.15) is 0 Å². The number of aliphatic hydroxyl groups is 1. The van der Waals surface area contributed by atoms with Crippen molar-refractivity contribution in [3.63, 3.8) is 0 Å². The molecule has 0 spiro atoms. The fourth-order valence-electron chi connectivity index (χ4n) is 2.77. The summed E-state index contributed by atoms with van der Waals surface area (Å²) < 4.78 is 28.2. The van der Waals surface area contributed by atoms with E-state index in [1.54, 1.807) is 24.3 Å². The van der Waals surface area contributed by atoms with Gasteiger partial charge in [0.05, 0.1) is 22.3 Å². The van der Waals surface area contributed by atoms with E-state index in [2.05, 4.69) is 0 Å². The molecule has 146 valence electrons. The first-order chi connectivity index (χ1) is 13.1. The minimum Gasteiger partial charge on any atom is -0.502 e. The Morgan fingerprint density at radius 1 is 0.964 bits per heavy atom. The van der Waals surface area contributed by atoms with Crippen molar-refractivity contribution < 1.29 is 27.9 Å². The smallest absolute Gasteiger partial charge is 0.301 e. The van der Waals surface area contributed by atoms with Crippen LogP contribution in [-0.2, 0) is 19.6 Å². The lowest BCUT2D eigenvalue weighted by atomic mass is 10.1. The first-order valence-electron chi connectivity index (χ1n) is 8.31. The molecule has 2 aromatic carbocycles. The summed E-state index contributed by atoms with van der Waals surface area (Å²) in [4.78, 5) is 25.8. The Balaban J connectivity index is 1.92. The highest BCUT2D eigenvalue weighted by atomic mass is 32.2. The fourth-order valence-corrected chi connectivity index (χ4v) is 3.29. The molecular weight excluding hydrogens is 384 g/mol. The summed E-state index contributed by atoms with van der Waals surface area (Å²) in [6.45, 7) is 3.75. The van der Waals surface area contributed by atoms with E-state index >= 15 is 0 Å². The Hall–Kier alpha value is -3.17. The molecule has 0 saturated heterocycles. The summed E-state index contributed by atoms with van der Waals surface area (Å²) >= 11 is 0. The average Bonchev–Trinajstić information content (AvgIpc) is 2.84. The number of nitrogens with zero attached hydrogens (tertiary/aromatic N) is 1. The van der Waals surface area contributed by atoms with Crippen molar-refractivity contribution in [2.24, 2.45) is 5.14 Å². The number of rotatable bonds is 5. The topological polar surface area (TPSA) is 127 Å². The highest BCUT2D eigenvalue weighted by molar-refractivity contribution is 7.89. The number of benzene rings is 2. The number of primary sulfonamides is 1. The van der Waals surface area contributed by atoms with Gasteiger partial charge in [-0.25, -0.2) is 18.5 Å². The molecule has 8 nitrogen and oxygen atoms in total. The van der Waals surface area contributed by atoms with Gasteiger partial charge in [-0.1, -0.05) is 12.1 Å². The fraction of sp³-hybridized carbons (Fsp3) is 0.158. The Kier molecular flexibility index (Phi) is 4.97. The molecule has 28 heavy (non-hydrogen) atoms. The zero-order valence-electron chi connectivity index (χ0n) is 15.1. The molecule has 0 bridgehead atoms. The van der Waals surface area contributed by atoms with E-state index in [-0.39, 0.29) is 22.3 Å². The van der Waals surface area contributed by atoms with E-state index in [0.717, 1.165) is 4.90 Å². The molecule has 1 heterocycles. The summed E-state index contributed by atoms with van der Waals surface area (Å²) in [6, 6.07) is 11.3. The van der Waals surface area contributed by atoms with Crippen LogP contribution in [0, 0.1) is 0 Å². The summed E-state index contributed by atoms with van der Waals surface area (Å²) in [5.74, 6) is -1.71. The maximum Gasteiger partial charge on any atom is 0.301 e. The molecule has 3 N–H and O–H groups in total. The zero-order valence-corrected chi connectivity index (χ0v) is 15.9. The largest absolute Gasteiger partial charge is 0.502 e. The Labute approximate surface area is 161 Å². The monoisotopic (exact) mass is 402 g/mol. The molecule has 1 aliphatic rings. The number of anilines is 1. The molecule has 1 aliphatic heterocycles. The van der Waals surface area contributed by atoms with Crippen LogP contribution < -0.4 is 14.8 Å². The first kappa shape index (κ1) is 19.6. The van der Waals surface area contributed by atoms with Gasteiger partial charge in [0.1, 0.15) is 5.75 Å². The van der Waals surface area contributed by atoms with Gasteiger partial charge in [0.15, 0.2) is 5.76 Å². The van der Waals surface area contributed by atoms with E-state index in [1.807, 2.05) is 13.8 Å². The zero-order chi connectivity index (χ0) is 20.6. The maximum absolute atomic E-state index is 12.8. The van der Waals surface area contributed by atoms with E-state index in [1.165, 1.54) is 24.3 Å². The van der Waals surface area contributed by atoms with E-state index in [9.17, 15) is 23.1 Å². The van der Waals surface area contributed by atoms with Gasteiger partial charge in [0.2, 0.25) is 10.0 Å². The van der Waals surface area contributed by atoms with Crippen LogP contribution in [0.3, 0.4) is 0 Å². The van der Waals surface area contributed by atoms with Crippen LogP contribution in [0.15, 0.2) is 59.2 Å². The first-order valence-corrected chi connectivity index (χ1v) is 9.86. The molecule has 2 aromatic rings. The SMILES string of the molecule is CC(C)Oc1ccc(C2=C(O)C(=O)N(c3ccc(S(N)(=O)=O)cc3)C2=O)cc1. The van der Waals surface area contributed by atoms with Crippen molar-refractivity contribution in [2.45, 2.75) is 24.8 Å². The number of amides is 2. The Morgan fingerprint density at radius 2 is 1.54 bits per heavy atom. The van der Waals surface area contributed by atoms with Crippen molar-refractivity contribution in [3.05, 3.63) is 59.9 Å².